The zero-order chi connectivity index (χ0) is 10.8. The van der Waals surface area contributed by atoms with Gasteiger partial charge < -0.3 is 9.62 Å². The fourth-order valence-electron chi connectivity index (χ4n) is 1.96. The Hall–Kier alpha value is -1.06. The van der Waals surface area contributed by atoms with Gasteiger partial charge in [0.15, 0.2) is 5.75 Å². The summed E-state index contributed by atoms with van der Waals surface area (Å²) in [4.78, 5) is 4.32. The molecule has 2 rings (SSSR count). The molecule has 1 aromatic carbocycles. The first kappa shape index (κ1) is 10.5. The van der Waals surface area contributed by atoms with E-state index in [0.717, 1.165) is 24.0 Å². The maximum atomic E-state index is 8.70. The summed E-state index contributed by atoms with van der Waals surface area (Å²) in [6, 6.07) is 5.81. The van der Waals surface area contributed by atoms with Crippen LogP contribution >= 0.6 is 0 Å². The van der Waals surface area contributed by atoms with E-state index >= 15 is 0 Å². The third kappa shape index (κ3) is 2.13. The Morgan fingerprint density at radius 2 is 2.20 bits per heavy atom. The summed E-state index contributed by atoms with van der Waals surface area (Å²) in [6.45, 7) is 3.98. The van der Waals surface area contributed by atoms with Crippen molar-refractivity contribution in [2.45, 2.75) is 38.9 Å². The molecule has 1 heterocycles. The first-order valence-electron chi connectivity index (χ1n) is 5.28. The Kier molecular flexibility index (Phi) is 2.93. The Balaban J connectivity index is 2.21. The molecule has 15 heavy (non-hydrogen) atoms. The topological polar surface area (TPSA) is 38.7 Å². The highest BCUT2D eigenvalue weighted by Crippen LogP contribution is 2.34. The van der Waals surface area contributed by atoms with Gasteiger partial charge in [-0.25, -0.2) is 5.26 Å². The second-order valence-corrected chi connectivity index (χ2v) is 4.13. The van der Waals surface area contributed by atoms with Crippen LogP contribution in [-0.2, 0) is 4.74 Å². The second-order valence-electron chi connectivity index (χ2n) is 4.13. The molecule has 1 aliphatic heterocycles. The first-order valence-corrected chi connectivity index (χ1v) is 5.28. The summed E-state index contributed by atoms with van der Waals surface area (Å²) in [5.74, 6) is 0.510. The van der Waals surface area contributed by atoms with Crippen LogP contribution in [0.3, 0.4) is 0 Å². The average molecular weight is 208 g/mol. The number of rotatable bonds is 2. The molecule has 3 heteroatoms. The molecule has 0 radical (unpaired) electrons. The Labute approximate surface area is 89.6 Å². The molecule has 1 N–H and O–H groups in total. The van der Waals surface area contributed by atoms with Gasteiger partial charge in [0.25, 0.3) is 0 Å². The molecule has 3 nitrogen and oxygen atoms in total. The van der Waals surface area contributed by atoms with Gasteiger partial charge in [-0.2, -0.15) is 0 Å². The Morgan fingerprint density at radius 3 is 2.80 bits per heavy atom. The van der Waals surface area contributed by atoms with Gasteiger partial charge in [-0.05, 0) is 43.9 Å². The Bertz CT molecular complexity index is 349. The van der Waals surface area contributed by atoms with Crippen molar-refractivity contribution in [1.82, 2.24) is 0 Å². The molecular formula is C12H16O3. The molecule has 0 amide bonds. The average Bonchev–Trinajstić information content (AvgIpc) is 2.66. The lowest BCUT2D eigenvalue weighted by Gasteiger charge is -2.12. The monoisotopic (exact) mass is 208 g/mol. The van der Waals surface area contributed by atoms with Gasteiger partial charge in [-0.1, -0.05) is 12.1 Å². The summed E-state index contributed by atoms with van der Waals surface area (Å²) in [5, 5.41) is 8.70. The van der Waals surface area contributed by atoms with Gasteiger partial charge in [0.05, 0.1) is 12.2 Å². The van der Waals surface area contributed by atoms with Crippen LogP contribution in [-0.4, -0.2) is 11.4 Å². The van der Waals surface area contributed by atoms with E-state index in [9.17, 15) is 0 Å². The van der Waals surface area contributed by atoms with E-state index in [-0.39, 0.29) is 6.10 Å². The minimum Gasteiger partial charge on any atom is -0.371 e. The van der Waals surface area contributed by atoms with Crippen LogP contribution < -0.4 is 4.89 Å². The summed E-state index contributed by atoms with van der Waals surface area (Å²) in [7, 11) is 0. The summed E-state index contributed by atoms with van der Waals surface area (Å²) >= 11 is 0. The lowest BCUT2D eigenvalue weighted by Crippen LogP contribution is -2.01. The second kappa shape index (κ2) is 4.21. The van der Waals surface area contributed by atoms with E-state index in [0.29, 0.717) is 11.9 Å². The van der Waals surface area contributed by atoms with Gasteiger partial charge >= 0.3 is 0 Å². The van der Waals surface area contributed by atoms with E-state index < -0.39 is 0 Å². The van der Waals surface area contributed by atoms with Crippen LogP contribution in [0.15, 0.2) is 18.2 Å². The maximum absolute atomic E-state index is 8.70. The van der Waals surface area contributed by atoms with Crippen molar-refractivity contribution in [2.24, 2.45) is 0 Å². The van der Waals surface area contributed by atoms with Crippen molar-refractivity contribution in [3.8, 4) is 5.75 Å². The van der Waals surface area contributed by atoms with Crippen LogP contribution in [0.2, 0.25) is 0 Å². The molecule has 0 saturated carbocycles. The highest BCUT2D eigenvalue weighted by molar-refractivity contribution is 5.37. The van der Waals surface area contributed by atoms with Crippen LogP contribution in [0.4, 0.5) is 0 Å². The predicted octanol–water partition coefficient (Wildman–Crippen LogP) is 3.09. The number of hydrogen-bond donors (Lipinski definition) is 1. The third-order valence-electron chi connectivity index (χ3n) is 2.91. The van der Waals surface area contributed by atoms with Crippen molar-refractivity contribution in [3.63, 3.8) is 0 Å². The summed E-state index contributed by atoms with van der Waals surface area (Å²) < 4.78 is 5.75. The molecule has 0 aromatic heterocycles. The molecule has 82 valence electrons. The van der Waals surface area contributed by atoms with Gasteiger partial charge in [-0.3, -0.25) is 0 Å². The first-order chi connectivity index (χ1) is 7.20. The van der Waals surface area contributed by atoms with Crippen LogP contribution in [0.25, 0.3) is 0 Å². The summed E-state index contributed by atoms with van der Waals surface area (Å²) in [5.41, 5.74) is 2.00. The molecule has 1 saturated heterocycles. The number of aryl methyl sites for hydroxylation is 1. The summed E-state index contributed by atoms with van der Waals surface area (Å²) in [6.07, 6.45) is 2.60. The fraction of sp³-hybridized carbons (Fsp3) is 0.500. The molecule has 1 fully saturated rings. The molecule has 2 unspecified atom stereocenters. The van der Waals surface area contributed by atoms with E-state index in [4.69, 9.17) is 9.99 Å². The SMILES string of the molecule is Cc1ccc(C2CCC(C)O2)cc1OO. The molecule has 1 aromatic rings. The van der Waals surface area contributed by atoms with E-state index in [2.05, 4.69) is 11.8 Å². The van der Waals surface area contributed by atoms with Crippen LogP contribution in [0.5, 0.6) is 5.75 Å². The maximum Gasteiger partial charge on any atom is 0.168 e. The normalized spacial score (nSPS) is 25.5. The zero-order valence-electron chi connectivity index (χ0n) is 9.06. The van der Waals surface area contributed by atoms with E-state index in [1.165, 1.54) is 0 Å². The van der Waals surface area contributed by atoms with E-state index in [1.807, 2.05) is 25.1 Å². The molecule has 0 bridgehead atoms. The molecule has 0 aliphatic carbocycles. The predicted molar refractivity (Wildman–Crippen MR) is 57.0 cm³/mol. The molecule has 1 aliphatic rings. The van der Waals surface area contributed by atoms with E-state index in [1.54, 1.807) is 0 Å². The minimum atomic E-state index is 0.148. The minimum absolute atomic E-state index is 0.148. The number of benzene rings is 1. The lowest BCUT2D eigenvalue weighted by molar-refractivity contribution is -0.138. The van der Waals surface area contributed by atoms with Gasteiger partial charge in [0, 0.05) is 0 Å². The largest absolute Gasteiger partial charge is 0.371 e. The van der Waals surface area contributed by atoms with Crippen molar-refractivity contribution in [1.29, 1.82) is 0 Å². The van der Waals surface area contributed by atoms with Crippen molar-refractivity contribution in [2.75, 3.05) is 0 Å². The van der Waals surface area contributed by atoms with Gasteiger partial charge in [0.2, 0.25) is 0 Å². The Morgan fingerprint density at radius 1 is 1.40 bits per heavy atom. The van der Waals surface area contributed by atoms with Gasteiger partial charge in [-0.15, -0.1) is 0 Å². The standard InChI is InChI=1S/C12H16O3/c1-8-3-5-10(7-12(8)15-13)11-6-4-9(2)14-11/h3,5,7,9,11,13H,4,6H2,1-2H3. The van der Waals surface area contributed by atoms with Crippen LogP contribution in [0.1, 0.15) is 37.0 Å². The van der Waals surface area contributed by atoms with Crippen molar-refractivity contribution in [3.05, 3.63) is 29.3 Å². The molecule has 0 spiro atoms. The van der Waals surface area contributed by atoms with Gasteiger partial charge in [0.1, 0.15) is 0 Å². The highest BCUT2D eigenvalue weighted by atomic mass is 17.1. The smallest absolute Gasteiger partial charge is 0.168 e. The quantitative estimate of drug-likeness (QED) is 0.599. The van der Waals surface area contributed by atoms with Crippen LogP contribution in [0, 0.1) is 6.92 Å². The lowest BCUT2D eigenvalue weighted by atomic mass is 10.0. The van der Waals surface area contributed by atoms with Crippen molar-refractivity contribution >= 4 is 0 Å². The number of hydrogen-bond acceptors (Lipinski definition) is 3. The molecular weight excluding hydrogens is 192 g/mol. The third-order valence-corrected chi connectivity index (χ3v) is 2.91. The zero-order valence-corrected chi connectivity index (χ0v) is 9.06. The van der Waals surface area contributed by atoms with Crippen molar-refractivity contribution < 1.29 is 14.9 Å². The number of ether oxygens (including phenoxy) is 1. The molecule has 2 atom stereocenters. The highest BCUT2D eigenvalue weighted by Gasteiger charge is 2.23. The fourth-order valence-corrected chi connectivity index (χ4v) is 1.96.